The third kappa shape index (κ3) is 3.91. The van der Waals surface area contributed by atoms with Crippen molar-refractivity contribution >= 4 is 49.9 Å². The van der Waals surface area contributed by atoms with Crippen LogP contribution < -0.4 is 0 Å². The van der Waals surface area contributed by atoms with Gasteiger partial charge in [0.1, 0.15) is 0 Å². The van der Waals surface area contributed by atoms with E-state index in [0.29, 0.717) is 11.6 Å². The molecule has 3 aromatic carbocycles. The van der Waals surface area contributed by atoms with Crippen LogP contribution in [0.4, 0.5) is 0 Å². The monoisotopic (exact) mass is 461 g/mol. The number of hydrogen-bond donors (Lipinski definition) is 2. The number of aliphatic hydroxyl groups excluding tert-OH is 1. The Labute approximate surface area is 193 Å². The minimum absolute atomic E-state index is 0.0109. The predicted molar refractivity (Wildman–Crippen MR) is 131 cm³/mol. The molecule has 0 aliphatic rings. The molecule has 0 aliphatic heterocycles. The number of nitrogens with zero attached hydrogens (tertiary/aromatic N) is 1. The molecule has 0 radical (unpaired) electrons. The first kappa shape index (κ1) is 20.8. The van der Waals surface area contributed by atoms with E-state index >= 15 is 0 Å². The minimum Gasteiger partial charge on any atom is -0.481 e. The van der Waals surface area contributed by atoms with E-state index < -0.39 is 5.97 Å². The molecule has 0 amide bonds. The van der Waals surface area contributed by atoms with Crippen molar-refractivity contribution in [3.63, 3.8) is 0 Å². The van der Waals surface area contributed by atoms with Gasteiger partial charge in [0.25, 0.3) is 0 Å². The Morgan fingerprint density at radius 1 is 0.969 bits per heavy atom. The smallest absolute Gasteiger partial charge is 0.307 e. The van der Waals surface area contributed by atoms with Gasteiger partial charge in [-0.05, 0) is 68.9 Å². The molecule has 0 unspecified atom stereocenters. The molecule has 0 bridgehead atoms. The second-order valence-electron chi connectivity index (χ2n) is 7.84. The van der Waals surface area contributed by atoms with Crippen LogP contribution in [0.25, 0.3) is 32.1 Å². The number of aromatic nitrogens is 1. The van der Waals surface area contributed by atoms with E-state index in [1.54, 1.807) is 11.3 Å². The summed E-state index contributed by atoms with van der Waals surface area (Å²) >= 11 is 7.91. The summed E-state index contributed by atoms with van der Waals surface area (Å²) in [6.45, 7) is 0.611. The van der Waals surface area contributed by atoms with Crippen LogP contribution in [-0.4, -0.2) is 20.7 Å². The summed E-state index contributed by atoms with van der Waals surface area (Å²) in [5.74, 6) is -0.850. The van der Waals surface area contributed by atoms with E-state index in [4.69, 9.17) is 11.6 Å². The number of thiophene rings is 1. The predicted octanol–water partition coefficient (Wildman–Crippen LogP) is 6.34. The number of carboxylic acid groups (broad SMARTS) is 1. The van der Waals surface area contributed by atoms with Crippen LogP contribution in [0.5, 0.6) is 0 Å². The average molecular weight is 462 g/mol. The Morgan fingerprint density at radius 3 is 2.62 bits per heavy atom. The Kier molecular flexibility index (Phi) is 5.47. The van der Waals surface area contributed by atoms with E-state index in [9.17, 15) is 15.0 Å². The molecule has 5 rings (SSSR count). The molecule has 2 heterocycles. The zero-order chi connectivity index (χ0) is 22.2. The third-order valence-corrected chi connectivity index (χ3v) is 6.95. The zero-order valence-electron chi connectivity index (χ0n) is 17.1. The van der Waals surface area contributed by atoms with Crippen LogP contribution in [0.15, 0.2) is 72.2 Å². The van der Waals surface area contributed by atoms with Crippen molar-refractivity contribution in [2.45, 2.75) is 19.6 Å². The quantitative estimate of drug-likeness (QED) is 0.310. The molecule has 0 saturated carbocycles. The maximum Gasteiger partial charge on any atom is 0.307 e. The van der Waals surface area contributed by atoms with Crippen LogP contribution in [0, 0.1) is 0 Å². The standard InChI is InChI=1S/C26H20ClNO3S/c27-21-5-7-25-23(11-21)20(15-32-25)13-28-12-19(10-26(30)31)22-6-4-18(9-24(22)28)17-3-1-2-16(8-17)14-29/h1-9,11-12,15,29H,10,13-14H2,(H,30,31). The summed E-state index contributed by atoms with van der Waals surface area (Å²) < 4.78 is 3.29. The van der Waals surface area contributed by atoms with Crippen molar-refractivity contribution in [1.82, 2.24) is 4.57 Å². The van der Waals surface area contributed by atoms with Crippen LogP contribution in [0.1, 0.15) is 16.7 Å². The molecule has 6 heteroatoms. The van der Waals surface area contributed by atoms with E-state index in [0.717, 1.165) is 44.1 Å². The summed E-state index contributed by atoms with van der Waals surface area (Å²) in [6, 6.07) is 19.8. The first-order chi connectivity index (χ1) is 15.5. The van der Waals surface area contributed by atoms with E-state index in [1.807, 2.05) is 60.8 Å². The maximum atomic E-state index is 11.5. The van der Waals surface area contributed by atoms with Crippen molar-refractivity contribution in [3.05, 3.63) is 94.0 Å². The molecule has 160 valence electrons. The molecule has 0 atom stereocenters. The van der Waals surface area contributed by atoms with Gasteiger partial charge < -0.3 is 14.8 Å². The number of aliphatic carboxylic acids is 1. The Hall–Kier alpha value is -3.12. The number of benzene rings is 3. The number of hydrogen-bond acceptors (Lipinski definition) is 3. The Morgan fingerprint density at radius 2 is 1.81 bits per heavy atom. The lowest BCUT2D eigenvalue weighted by molar-refractivity contribution is -0.136. The molecular formula is C26H20ClNO3S. The first-order valence-corrected chi connectivity index (χ1v) is 11.5. The second-order valence-corrected chi connectivity index (χ2v) is 9.19. The fourth-order valence-corrected chi connectivity index (χ4v) is 5.30. The SMILES string of the molecule is O=C(O)Cc1cn(Cc2csc3ccc(Cl)cc23)c2cc(-c3cccc(CO)c3)ccc12. The van der Waals surface area contributed by atoms with Gasteiger partial charge in [-0.1, -0.05) is 41.9 Å². The number of fused-ring (bicyclic) bond motifs is 2. The summed E-state index contributed by atoms with van der Waals surface area (Å²) in [6.07, 6.45) is 1.92. The molecular weight excluding hydrogens is 442 g/mol. The third-order valence-electron chi connectivity index (χ3n) is 5.71. The Balaban J connectivity index is 1.64. The zero-order valence-corrected chi connectivity index (χ0v) is 18.7. The van der Waals surface area contributed by atoms with Crippen molar-refractivity contribution in [1.29, 1.82) is 0 Å². The highest BCUT2D eigenvalue weighted by Crippen LogP contribution is 2.33. The normalized spacial score (nSPS) is 11.4. The number of halogens is 1. The van der Waals surface area contributed by atoms with Crippen LogP contribution in [-0.2, 0) is 24.4 Å². The van der Waals surface area contributed by atoms with E-state index in [1.165, 1.54) is 4.70 Å². The van der Waals surface area contributed by atoms with Gasteiger partial charge in [0, 0.05) is 33.4 Å². The van der Waals surface area contributed by atoms with Crippen LogP contribution >= 0.6 is 22.9 Å². The molecule has 2 N–H and O–H groups in total. The van der Waals surface area contributed by atoms with Gasteiger partial charge in [0.05, 0.1) is 13.0 Å². The van der Waals surface area contributed by atoms with Crippen LogP contribution in [0.2, 0.25) is 5.02 Å². The lowest BCUT2D eigenvalue weighted by atomic mass is 10.0. The van der Waals surface area contributed by atoms with Gasteiger partial charge in [0.15, 0.2) is 0 Å². The molecule has 2 aromatic heterocycles. The number of carbonyl (C=O) groups is 1. The molecule has 0 fully saturated rings. The molecule has 0 spiro atoms. The van der Waals surface area contributed by atoms with E-state index in [-0.39, 0.29) is 13.0 Å². The summed E-state index contributed by atoms with van der Waals surface area (Å²) in [7, 11) is 0. The lowest BCUT2D eigenvalue weighted by Gasteiger charge is -2.08. The number of rotatable bonds is 6. The summed E-state index contributed by atoms with van der Waals surface area (Å²) in [4.78, 5) is 11.5. The largest absolute Gasteiger partial charge is 0.481 e. The molecule has 0 aliphatic carbocycles. The number of aliphatic hydroxyl groups is 1. The van der Waals surface area contributed by atoms with E-state index in [2.05, 4.69) is 16.0 Å². The van der Waals surface area contributed by atoms with Gasteiger partial charge in [-0.25, -0.2) is 0 Å². The van der Waals surface area contributed by atoms with Crippen molar-refractivity contribution in [3.8, 4) is 11.1 Å². The second kappa shape index (κ2) is 8.43. The number of carboxylic acids is 1. The lowest BCUT2D eigenvalue weighted by Crippen LogP contribution is -2.00. The fraction of sp³-hybridized carbons (Fsp3) is 0.115. The van der Waals surface area contributed by atoms with Crippen molar-refractivity contribution in [2.24, 2.45) is 0 Å². The topological polar surface area (TPSA) is 62.5 Å². The summed E-state index contributed by atoms with van der Waals surface area (Å²) in [5, 5.41) is 23.8. The van der Waals surface area contributed by atoms with Gasteiger partial charge in [-0.3, -0.25) is 4.79 Å². The van der Waals surface area contributed by atoms with Gasteiger partial charge in [0.2, 0.25) is 0 Å². The van der Waals surface area contributed by atoms with Gasteiger partial charge in [-0.2, -0.15) is 0 Å². The van der Waals surface area contributed by atoms with Gasteiger partial charge in [-0.15, -0.1) is 11.3 Å². The minimum atomic E-state index is -0.850. The van der Waals surface area contributed by atoms with Crippen LogP contribution in [0.3, 0.4) is 0 Å². The molecule has 0 saturated heterocycles. The van der Waals surface area contributed by atoms with Crippen molar-refractivity contribution < 1.29 is 15.0 Å². The highest BCUT2D eigenvalue weighted by atomic mass is 35.5. The molecule has 32 heavy (non-hydrogen) atoms. The maximum absolute atomic E-state index is 11.5. The first-order valence-electron chi connectivity index (χ1n) is 10.2. The highest BCUT2D eigenvalue weighted by Gasteiger charge is 2.15. The van der Waals surface area contributed by atoms with Crippen molar-refractivity contribution in [2.75, 3.05) is 0 Å². The fourth-order valence-electron chi connectivity index (χ4n) is 4.19. The summed E-state index contributed by atoms with van der Waals surface area (Å²) in [5.41, 5.74) is 5.81. The van der Waals surface area contributed by atoms with Gasteiger partial charge >= 0.3 is 5.97 Å². The molecule has 4 nitrogen and oxygen atoms in total. The highest BCUT2D eigenvalue weighted by molar-refractivity contribution is 7.17. The Bertz CT molecular complexity index is 1470. The average Bonchev–Trinajstić information content (AvgIpc) is 3.34. The molecule has 5 aromatic rings.